The van der Waals surface area contributed by atoms with Gasteiger partial charge in [-0.3, -0.25) is 4.79 Å². The third-order valence-electron chi connectivity index (χ3n) is 4.13. The first-order chi connectivity index (χ1) is 9.15. The van der Waals surface area contributed by atoms with Crippen LogP contribution in [0.15, 0.2) is 18.2 Å². The van der Waals surface area contributed by atoms with Gasteiger partial charge in [0.25, 0.3) is 5.91 Å². The third-order valence-corrected chi connectivity index (χ3v) is 4.13. The van der Waals surface area contributed by atoms with E-state index in [9.17, 15) is 4.79 Å². The van der Waals surface area contributed by atoms with Gasteiger partial charge in [0, 0.05) is 16.9 Å². The van der Waals surface area contributed by atoms with Gasteiger partial charge in [0.15, 0.2) is 0 Å². The first kappa shape index (κ1) is 12.3. The molecule has 1 aliphatic carbocycles. The summed E-state index contributed by atoms with van der Waals surface area (Å²) in [6.45, 7) is 4.08. The largest absolute Gasteiger partial charge is 0.350 e. The highest BCUT2D eigenvalue weighted by Crippen LogP contribution is 2.24. The smallest absolute Gasteiger partial charge is 0.268 e. The molecule has 1 aromatic heterocycles. The number of hydrogen-bond acceptors (Lipinski definition) is 1. The molecular formula is C16H20N2O. The maximum Gasteiger partial charge on any atom is 0.268 e. The number of aromatic amines is 1. The van der Waals surface area contributed by atoms with Crippen LogP contribution in [0.5, 0.6) is 0 Å². The van der Waals surface area contributed by atoms with E-state index in [0.29, 0.717) is 11.7 Å². The van der Waals surface area contributed by atoms with E-state index in [1.807, 2.05) is 6.92 Å². The summed E-state index contributed by atoms with van der Waals surface area (Å²) >= 11 is 0. The standard InChI is InChI=1S/C16H20N2O/c1-10-7-8-13-11(2)15(18-14(13)9-10)16(19)17-12-5-3-4-6-12/h7-9,12,18H,3-6H2,1-2H3,(H,17,19). The quantitative estimate of drug-likeness (QED) is 0.849. The number of hydrogen-bond donors (Lipinski definition) is 2. The van der Waals surface area contributed by atoms with Crippen molar-refractivity contribution >= 4 is 16.8 Å². The molecule has 3 rings (SSSR count). The molecule has 3 nitrogen and oxygen atoms in total. The predicted octanol–water partition coefficient (Wildman–Crippen LogP) is 3.46. The molecule has 0 saturated heterocycles. The van der Waals surface area contributed by atoms with Gasteiger partial charge in [-0.25, -0.2) is 0 Å². The molecule has 0 radical (unpaired) electrons. The van der Waals surface area contributed by atoms with Crippen molar-refractivity contribution in [3.8, 4) is 0 Å². The molecule has 100 valence electrons. The van der Waals surface area contributed by atoms with Crippen LogP contribution >= 0.6 is 0 Å². The summed E-state index contributed by atoms with van der Waals surface area (Å²) in [6, 6.07) is 6.62. The summed E-state index contributed by atoms with van der Waals surface area (Å²) in [5, 5.41) is 4.28. The zero-order valence-electron chi connectivity index (χ0n) is 11.5. The molecule has 1 fully saturated rings. The summed E-state index contributed by atoms with van der Waals surface area (Å²) in [4.78, 5) is 15.6. The lowest BCUT2D eigenvalue weighted by molar-refractivity contribution is 0.0933. The second kappa shape index (κ2) is 4.72. The number of H-pyrrole nitrogens is 1. The minimum absolute atomic E-state index is 0.0400. The van der Waals surface area contributed by atoms with E-state index in [0.717, 1.165) is 29.3 Å². The van der Waals surface area contributed by atoms with Crippen molar-refractivity contribution in [2.45, 2.75) is 45.6 Å². The third kappa shape index (κ3) is 2.25. The highest BCUT2D eigenvalue weighted by molar-refractivity contribution is 6.01. The number of amides is 1. The highest BCUT2D eigenvalue weighted by Gasteiger charge is 2.20. The number of aromatic nitrogens is 1. The van der Waals surface area contributed by atoms with E-state index in [1.165, 1.54) is 18.4 Å². The monoisotopic (exact) mass is 256 g/mol. The first-order valence-electron chi connectivity index (χ1n) is 7.05. The zero-order chi connectivity index (χ0) is 13.4. The Kier molecular flexibility index (Phi) is 3.05. The van der Waals surface area contributed by atoms with Crippen LogP contribution in [0.1, 0.15) is 47.3 Å². The Bertz CT molecular complexity index is 621. The van der Waals surface area contributed by atoms with Gasteiger partial charge in [-0.2, -0.15) is 0 Å². The van der Waals surface area contributed by atoms with Crippen LogP contribution in [0.4, 0.5) is 0 Å². The number of rotatable bonds is 2. The fraction of sp³-hybridized carbons (Fsp3) is 0.438. The molecule has 1 heterocycles. The Morgan fingerprint density at radius 1 is 1.26 bits per heavy atom. The fourth-order valence-electron chi connectivity index (χ4n) is 3.01. The minimum Gasteiger partial charge on any atom is -0.350 e. The molecule has 2 aromatic rings. The van der Waals surface area contributed by atoms with E-state index < -0.39 is 0 Å². The van der Waals surface area contributed by atoms with Crippen molar-refractivity contribution < 1.29 is 4.79 Å². The molecule has 2 N–H and O–H groups in total. The van der Waals surface area contributed by atoms with Crippen LogP contribution in [-0.2, 0) is 0 Å². The highest BCUT2D eigenvalue weighted by atomic mass is 16.1. The van der Waals surface area contributed by atoms with Crippen molar-refractivity contribution in [1.29, 1.82) is 0 Å². The van der Waals surface area contributed by atoms with Crippen molar-refractivity contribution in [1.82, 2.24) is 10.3 Å². The SMILES string of the molecule is Cc1ccc2c(C)c(C(=O)NC3CCCC3)[nH]c2c1. The van der Waals surface area contributed by atoms with Crippen molar-refractivity contribution in [3.05, 3.63) is 35.0 Å². The van der Waals surface area contributed by atoms with E-state index in [2.05, 4.69) is 35.4 Å². The topological polar surface area (TPSA) is 44.9 Å². The molecule has 19 heavy (non-hydrogen) atoms. The second-order valence-electron chi connectivity index (χ2n) is 5.63. The number of benzene rings is 1. The number of nitrogens with one attached hydrogen (secondary N) is 2. The van der Waals surface area contributed by atoms with Gasteiger partial charge in [-0.1, -0.05) is 25.0 Å². The maximum absolute atomic E-state index is 12.3. The van der Waals surface area contributed by atoms with E-state index >= 15 is 0 Å². The molecule has 1 amide bonds. The number of carbonyl (C=O) groups excluding carboxylic acids is 1. The molecular weight excluding hydrogens is 236 g/mol. The van der Waals surface area contributed by atoms with Crippen LogP contribution in [-0.4, -0.2) is 16.9 Å². The molecule has 1 saturated carbocycles. The van der Waals surface area contributed by atoms with Gasteiger partial charge in [0.1, 0.15) is 5.69 Å². The average molecular weight is 256 g/mol. The summed E-state index contributed by atoms with van der Waals surface area (Å²) in [5.41, 5.74) is 4.02. The van der Waals surface area contributed by atoms with E-state index in [1.54, 1.807) is 0 Å². The Morgan fingerprint density at radius 3 is 2.74 bits per heavy atom. The zero-order valence-corrected chi connectivity index (χ0v) is 11.5. The lowest BCUT2D eigenvalue weighted by Gasteiger charge is -2.11. The molecule has 0 unspecified atom stereocenters. The maximum atomic E-state index is 12.3. The molecule has 3 heteroatoms. The Labute approximate surface area is 113 Å². The van der Waals surface area contributed by atoms with Crippen molar-refractivity contribution in [3.63, 3.8) is 0 Å². The van der Waals surface area contributed by atoms with Crippen molar-refractivity contribution in [2.75, 3.05) is 0 Å². The van der Waals surface area contributed by atoms with Gasteiger partial charge in [0.05, 0.1) is 0 Å². The predicted molar refractivity (Wildman–Crippen MR) is 77.5 cm³/mol. The van der Waals surface area contributed by atoms with E-state index in [4.69, 9.17) is 0 Å². The minimum atomic E-state index is 0.0400. The van der Waals surface area contributed by atoms with Crippen LogP contribution in [0, 0.1) is 13.8 Å². The van der Waals surface area contributed by atoms with Gasteiger partial charge >= 0.3 is 0 Å². The number of carbonyl (C=O) groups is 1. The number of aryl methyl sites for hydroxylation is 2. The van der Waals surface area contributed by atoms with Crippen LogP contribution in [0.25, 0.3) is 10.9 Å². The molecule has 0 spiro atoms. The summed E-state index contributed by atoms with van der Waals surface area (Å²) in [5.74, 6) is 0.0400. The fourth-order valence-corrected chi connectivity index (χ4v) is 3.01. The summed E-state index contributed by atoms with van der Waals surface area (Å²) in [6.07, 6.45) is 4.69. The normalized spacial score (nSPS) is 16.1. The van der Waals surface area contributed by atoms with Gasteiger partial charge in [-0.15, -0.1) is 0 Å². The van der Waals surface area contributed by atoms with Crippen molar-refractivity contribution in [2.24, 2.45) is 0 Å². The summed E-state index contributed by atoms with van der Waals surface area (Å²) in [7, 11) is 0. The lowest BCUT2D eigenvalue weighted by Crippen LogP contribution is -2.33. The molecule has 0 bridgehead atoms. The summed E-state index contributed by atoms with van der Waals surface area (Å²) < 4.78 is 0. The van der Waals surface area contributed by atoms with Crippen LogP contribution < -0.4 is 5.32 Å². The molecule has 0 atom stereocenters. The van der Waals surface area contributed by atoms with Crippen LogP contribution in [0.2, 0.25) is 0 Å². The van der Waals surface area contributed by atoms with Gasteiger partial charge in [0.2, 0.25) is 0 Å². The number of fused-ring (bicyclic) bond motifs is 1. The second-order valence-corrected chi connectivity index (χ2v) is 5.63. The first-order valence-corrected chi connectivity index (χ1v) is 7.05. The Balaban J connectivity index is 1.91. The van der Waals surface area contributed by atoms with Crippen LogP contribution in [0.3, 0.4) is 0 Å². The molecule has 0 aliphatic heterocycles. The van der Waals surface area contributed by atoms with Gasteiger partial charge < -0.3 is 10.3 Å². The van der Waals surface area contributed by atoms with E-state index in [-0.39, 0.29) is 5.91 Å². The lowest BCUT2D eigenvalue weighted by atomic mass is 10.1. The Morgan fingerprint density at radius 2 is 2.00 bits per heavy atom. The average Bonchev–Trinajstić information content (AvgIpc) is 2.97. The molecule has 1 aromatic carbocycles. The molecule has 1 aliphatic rings. The van der Waals surface area contributed by atoms with Gasteiger partial charge in [-0.05, 0) is 43.9 Å². The Hall–Kier alpha value is -1.77.